The van der Waals surface area contributed by atoms with Crippen molar-refractivity contribution in [3.63, 3.8) is 0 Å². The molecule has 1 fully saturated rings. The average Bonchev–Trinajstić information content (AvgIpc) is 3.00. The highest BCUT2D eigenvalue weighted by atomic mass is 32.1. The van der Waals surface area contributed by atoms with Crippen LogP contribution in [0.25, 0.3) is 10.2 Å². The van der Waals surface area contributed by atoms with Gasteiger partial charge < -0.3 is 9.80 Å². The Morgan fingerprint density at radius 1 is 1.36 bits per heavy atom. The van der Waals surface area contributed by atoms with Crippen molar-refractivity contribution in [2.45, 2.75) is 26.7 Å². The van der Waals surface area contributed by atoms with E-state index >= 15 is 0 Å². The van der Waals surface area contributed by atoms with Crippen LogP contribution in [0.2, 0.25) is 0 Å². The number of benzene rings is 1. The summed E-state index contributed by atoms with van der Waals surface area (Å²) in [7, 11) is 0. The second-order valence-corrected chi connectivity index (χ2v) is 6.77. The Morgan fingerprint density at radius 3 is 2.86 bits per heavy atom. The monoisotopic (exact) mass is 317 g/mol. The third-order valence-electron chi connectivity index (χ3n) is 4.40. The van der Waals surface area contributed by atoms with E-state index in [1.54, 1.807) is 11.3 Å². The molecule has 118 valence electrons. The van der Waals surface area contributed by atoms with Crippen LogP contribution in [0, 0.1) is 5.92 Å². The molecule has 22 heavy (non-hydrogen) atoms. The summed E-state index contributed by atoms with van der Waals surface area (Å²) in [6.07, 6.45) is 2.06. The van der Waals surface area contributed by atoms with Crippen LogP contribution in [0.15, 0.2) is 24.3 Å². The van der Waals surface area contributed by atoms with E-state index in [4.69, 9.17) is 4.98 Å². The minimum atomic E-state index is 0.112. The normalized spacial score (nSPS) is 18.6. The number of hydrogen-bond donors (Lipinski definition) is 0. The van der Waals surface area contributed by atoms with Gasteiger partial charge in [0.05, 0.1) is 16.1 Å². The van der Waals surface area contributed by atoms with Gasteiger partial charge in [0.15, 0.2) is 5.13 Å². The summed E-state index contributed by atoms with van der Waals surface area (Å²) in [4.78, 5) is 21.6. The SMILES string of the molecule is CCN(CC)C(=O)C1CCCN(c2nc3ccccc3s2)C1. The van der Waals surface area contributed by atoms with Crippen molar-refractivity contribution in [3.8, 4) is 0 Å². The molecule has 4 nitrogen and oxygen atoms in total. The Bertz CT molecular complexity index is 617. The Labute approximate surface area is 135 Å². The first-order valence-electron chi connectivity index (χ1n) is 8.12. The fourth-order valence-corrected chi connectivity index (χ4v) is 4.14. The summed E-state index contributed by atoms with van der Waals surface area (Å²) in [5.74, 6) is 0.413. The van der Waals surface area contributed by atoms with Crippen LogP contribution < -0.4 is 4.90 Å². The Hall–Kier alpha value is -1.62. The van der Waals surface area contributed by atoms with Gasteiger partial charge in [-0.05, 0) is 38.8 Å². The van der Waals surface area contributed by atoms with Crippen molar-refractivity contribution in [3.05, 3.63) is 24.3 Å². The minimum absolute atomic E-state index is 0.112. The summed E-state index contributed by atoms with van der Waals surface area (Å²) in [6.45, 7) is 7.50. The van der Waals surface area contributed by atoms with Gasteiger partial charge in [0.1, 0.15) is 0 Å². The molecule has 1 aromatic carbocycles. The topological polar surface area (TPSA) is 36.4 Å². The smallest absolute Gasteiger partial charge is 0.227 e. The molecule has 5 heteroatoms. The van der Waals surface area contributed by atoms with Crippen LogP contribution in [0.5, 0.6) is 0 Å². The Morgan fingerprint density at radius 2 is 2.14 bits per heavy atom. The van der Waals surface area contributed by atoms with E-state index in [0.29, 0.717) is 5.91 Å². The van der Waals surface area contributed by atoms with Crippen molar-refractivity contribution >= 4 is 32.6 Å². The lowest BCUT2D eigenvalue weighted by atomic mass is 9.97. The number of piperidine rings is 1. The fourth-order valence-electron chi connectivity index (χ4n) is 3.14. The van der Waals surface area contributed by atoms with Gasteiger partial charge in [0, 0.05) is 26.2 Å². The molecule has 0 aliphatic carbocycles. The molecule has 1 aromatic heterocycles. The number of anilines is 1. The molecule has 2 aromatic rings. The van der Waals surface area contributed by atoms with Crippen molar-refractivity contribution in [2.24, 2.45) is 5.92 Å². The van der Waals surface area contributed by atoms with E-state index in [-0.39, 0.29) is 5.92 Å². The van der Waals surface area contributed by atoms with Crippen molar-refractivity contribution < 1.29 is 4.79 Å². The number of rotatable bonds is 4. The highest BCUT2D eigenvalue weighted by Gasteiger charge is 2.29. The van der Waals surface area contributed by atoms with Crippen LogP contribution in [-0.4, -0.2) is 42.0 Å². The zero-order valence-electron chi connectivity index (χ0n) is 13.3. The van der Waals surface area contributed by atoms with E-state index in [0.717, 1.165) is 49.7 Å². The van der Waals surface area contributed by atoms with Crippen LogP contribution in [0.1, 0.15) is 26.7 Å². The first-order valence-corrected chi connectivity index (χ1v) is 8.93. The summed E-state index contributed by atoms with van der Waals surface area (Å²) in [5, 5.41) is 1.05. The maximum atomic E-state index is 12.6. The van der Waals surface area contributed by atoms with E-state index < -0.39 is 0 Å². The predicted molar refractivity (Wildman–Crippen MR) is 92.5 cm³/mol. The standard InChI is InChI=1S/C17H23N3OS/c1-3-19(4-2)16(21)13-8-7-11-20(12-13)17-18-14-9-5-6-10-15(14)22-17/h5-6,9-10,13H,3-4,7-8,11-12H2,1-2H3. The highest BCUT2D eigenvalue weighted by molar-refractivity contribution is 7.22. The largest absolute Gasteiger partial charge is 0.347 e. The van der Waals surface area contributed by atoms with E-state index in [1.807, 2.05) is 17.0 Å². The van der Waals surface area contributed by atoms with E-state index in [9.17, 15) is 4.79 Å². The zero-order valence-corrected chi connectivity index (χ0v) is 14.1. The first-order chi connectivity index (χ1) is 10.7. The second-order valence-electron chi connectivity index (χ2n) is 5.76. The third kappa shape index (κ3) is 2.95. The molecule has 1 unspecified atom stereocenters. The first kappa shape index (κ1) is 15.3. The van der Waals surface area contributed by atoms with Gasteiger partial charge in [0.2, 0.25) is 5.91 Å². The van der Waals surface area contributed by atoms with Crippen LogP contribution in [-0.2, 0) is 4.79 Å². The summed E-state index contributed by atoms with van der Waals surface area (Å²) in [5.41, 5.74) is 1.06. The van der Waals surface area contributed by atoms with Gasteiger partial charge in [-0.25, -0.2) is 4.98 Å². The number of amides is 1. The number of aromatic nitrogens is 1. The molecular weight excluding hydrogens is 294 g/mol. The third-order valence-corrected chi connectivity index (χ3v) is 5.50. The number of carbonyl (C=O) groups excluding carboxylic acids is 1. The summed E-state index contributed by atoms with van der Waals surface area (Å²) < 4.78 is 1.22. The maximum absolute atomic E-state index is 12.6. The second kappa shape index (κ2) is 6.65. The van der Waals surface area contributed by atoms with Gasteiger partial charge in [-0.15, -0.1) is 0 Å². The van der Waals surface area contributed by atoms with Crippen molar-refractivity contribution in [1.29, 1.82) is 0 Å². The molecule has 0 saturated carbocycles. The molecule has 1 atom stereocenters. The molecule has 0 spiro atoms. The highest BCUT2D eigenvalue weighted by Crippen LogP contribution is 2.31. The molecule has 1 aliphatic rings. The Balaban J connectivity index is 1.76. The van der Waals surface area contributed by atoms with E-state index in [2.05, 4.69) is 30.9 Å². The minimum Gasteiger partial charge on any atom is -0.347 e. The molecular formula is C17H23N3OS. The predicted octanol–water partition coefficient (Wildman–Crippen LogP) is 3.38. The number of carbonyl (C=O) groups is 1. The van der Waals surface area contributed by atoms with Gasteiger partial charge >= 0.3 is 0 Å². The van der Waals surface area contributed by atoms with Crippen molar-refractivity contribution in [1.82, 2.24) is 9.88 Å². The zero-order chi connectivity index (χ0) is 15.5. The van der Waals surface area contributed by atoms with Crippen LogP contribution >= 0.6 is 11.3 Å². The number of para-hydroxylation sites is 1. The number of nitrogens with zero attached hydrogens (tertiary/aromatic N) is 3. The number of thiazole rings is 1. The van der Waals surface area contributed by atoms with Crippen LogP contribution in [0.3, 0.4) is 0 Å². The summed E-state index contributed by atoms with van der Waals surface area (Å²) >= 11 is 1.73. The number of fused-ring (bicyclic) bond motifs is 1. The quantitative estimate of drug-likeness (QED) is 0.867. The molecule has 2 heterocycles. The van der Waals surface area contributed by atoms with Crippen molar-refractivity contribution in [2.75, 3.05) is 31.1 Å². The molecule has 0 radical (unpaired) electrons. The molecule has 3 rings (SSSR count). The molecule has 1 saturated heterocycles. The van der Waals surface area contributed by atoms with Gasteiger partial charge in [0.25, 0.3) is 0 Å². The molecule has 1 amide bonds. The molecule has 0 bridgehead atoms. The van der Waals surface area contributed by atoms with Gasteiger partial charge in [-0.2, -0.15) is 0 Å². The lowest BCUT2D eigenvalue weighted by Gasteiger charge is -2.34. The fraction of sp³-hybridized carbons (Fsp3) is 0.529. The van der Waals surface area contributed by atoms with E-state index in [1.165, 1.54) is 4.70 Å². The lowest BCUT2D eigenvalue weighted by Crippen LogP contribution is -2.44. The number of hydrogen-bond acceptors (Lipinski definition) is 4. The average molecular weight is 317 g/mol. The molecule has 0 N–H and O–H groups in total. The van der Waals surface area contributed by atoms with Crippen LogP contribution in [0.4, 0.5) is 5.13 Å². The van der Waals surface area contributed by atoms with Gasteiger partial charge in [-0.1, -0.05) is 23.5 Å². The Kier molecular flexibility index (Phi) is 4.62. The maximum Gasteiger partial charge on any atom is 0.227 e. The van der Waals surface area contributed by atoms with Gasteiger partial charge in [-0.3, -0.25) is 4.79 Å². The summed E-state index contributed by atoms with van der Waals surface area (Å²) in [6, 6.07) is 8.23. The lowest BCUT2D eigenvalue weighted by molar-refractivity contribution is -0.135. The molecule has 1 aliphatic heterocycles.